The van der Waals surface area contributed by atoms with Gasteiger partial charge in [0.15, 0.2) is 5.82 Å². The van der Waals surface area contributed by atoms with Gasteiger partial charge in [0.25, 0.3) is 0 Å². The predicted octanol–water partition coefficient (Wildman–Crippen LogP) is 5.43. The first-order valence-electron chi connectivity index (χ1n) is 7.34. The van der Waals surface area contributed by atoms with Crippen LogP contribution in [0.5, 0.6) is 0 Å². The van der Waals surface area contributed by atoms with Gasteiger partial charge in [-0.3, -0.25) is 0 Å². The van der Waals surface area contributed by atoms with E-state index in [0.29, 0.717) is 22.6 Å². The average molecular weight is 375 g/mol. The molecule has 0 amide bonds. The molecule has 0 bridgehead atoms. The number of nitrogens with one attached hydrogen (secondary N) is 1. The lowest BCUT2D eigenvalue weighted by Gasteiger charge is -2.10. The minimum atomic E-state index is -4.41. The molecule has 3 rings (SSSR count). The average Bonchev–Trinajstić information content (AvgIpc) is 2.61. The van der Waals surface area contributed by atoms with Gasteiger partial charge in [0, 0.05) is 17.3 Å². The molecule has 1 aromatic heterocycles. The van der Waals surface area contributed by atoms with E-state index in [1.165, 1.54) is 18.2 Å². The molecule has 0 spiro atoms. The highest BCUT2D eigenvalue weighted by atomic mass is 35.5. The predicted molar refractivity (Wildman–Crippen MR) is 91.9 cm³/mol. The fourth-order valence-electron chi connectivity index (χ4n) is 2.23. The standard InChI is InChI=1S/C18H10ClF3N4/c19-15-9-16(24-14-3-1-2-11(8-14)10-23)26-17(25-15)12-4-6-13(7-5-12)18(20,21)22/h1-9H,(H,24,25,26). The number of anilines is 2. The summed E-state index contributed by atoms with van der Waals surface area (Å²) >= 11 is 6.01. The van der Waals surface area contributed by atoms with Crippen molar-refractivity contribution in [3.8, 4) is 17.5 Å². The molecule has 0 radical (unpaired) electrons. The first-order chi connectivity index (χ1) is 12.3. The Morgan fingerprint density at radius 2 is 1.73 bits per heavy atom. The molecule has 2 aromatic carbocycles. The van der Waals surface area contributed by atoms with E-state index < -0.39 is 11.7 Å². The SMILES string of the molecule is N#Cc1cccc(Nc2cc(Cl)nc(-c3ccc(C(F)(F)F)cc3)n2)c1. The van der Waals surface area contributed by atoms with Crippen molar-refractivity contribution < 1.29 is 13.2 Å². The van der Waals surface area contributed by atoms with Crippen molar-refractivity contribution in [1.29, 1.82) is 5.26 Å². The summed E-state index contributed by atoms with van der Waals surface area (Å²) in [6.45, 7) is 0. The highest BCUT2D eigenvalue weighted by Crippen LogP contribution is 2.31. The minimum Gasteiger partial charge on any atom is -0.340 e. The van der Waals surface area contributed by atoms with Crippen LogP contribution in [0, 0.1) is 11.3 Å². The molecule has 0 atom stereocenters. The van der Waals surface area contributed by atoms with Crippen molar-refractivity contribution in [3.63, 3.8) is 0 Å². The van der Waals surface area contributed by atoms with Crippen LogP contribution in [-0.2, 0) is 6.18 Å². The Labute approximate surface area is 151 Å². The van der Waals surface area contributed by atoms with Crippen molar-refractivity contribution in [1.82, 2.24) is 9.97 Å². The van der Waals surface area contributed by atoms with E-state index in [0.717, 1.165) is 12.1 Å². The van der Waals surface area contributed by atoms with Crippen molar-refractivity contribution >= 4 is 23.1 Å². The van der Waals surface area contributed by atoms with E-state index in [9.17, 15) is 13.2 Å². The van der Waals surface area contributed by atoms with Crippen LogP contribution in [0.25, 0.3) is 11.4 Å². The molecule has 0 aliphatic rings. The monoisotopic (exact) mass is 374 g/mol. The summed E-state index contributed by atoms with van der Waals surface area (Å²) in [4.78, 5) is 8.33. The van der Waals surface area contributed by atoms with Crippen LogP contribution in [-0.4, -0.2) is 9.97 Å². The summed E-state index contributed by atoms with van der Waals surface area (Å²) in [5, 5.41) is 12.1. The number of nitrogens with zero attached hydrogens (tertiary/aromatic N) is 3. The first-order valence-corrected chi connectivity index (χ1v) is 7.72. The van der Waals surface area contributed by atoms with Crippen LogP contribution in [0.2, 0.25) is 5.15 Å². The molecule has 3 aromatic rings. The van der Waals surface area contributed by atoms with Gasteiger partial charge in [-0.1, -0.05) is 29.8 Å². The van der Waals surface area contributed by atoms with Gasteiger partial charge in [0.2, 0.25) is 0 Å². The molecule has 26 heavy (non-hydrogen) atoms. The molecule has 0 saturated carbocycles. The number of halogens is 4. The number of hydrogen-bond acceptors (Lipinski definition) is 4. The molecule has 1 heterocycles. The largest absolute Gasteiger partial charge is 0.416 e. The van der Waals surface area contributed by atoms with Gasteiger partial charge in [-0.2, -0.15) is 18.4 Å². The summed E-state index contributed by atoms with van der Waals surface area (Å²) in [5.41, 5.74) is 0.736. The Hall–Kier alpha value is -3.11. The molecule has 130 valence electrons. The molecule has 1 N–H and O–H groups in total. The van der Waals surface area contributed by atoms with Gasteiger partial charge in [-0.25, -0.2) is 9.97 Å². The van der Waals surface area contributed by atoms with Gasteiger partial charge in [0.1, 0.15) is 11.0 Å². The van der Waals surface area contributed by atoms with E-state index in [4.69, 9.17) is 16.9 Å². The van der Waals surface area contributed by atoms with E-state index in [1.54, 1.807) is 24.3 Å². The maximum atomic E-state index is 12.7. The molecule has 0 saturated heterocycles. The Balaban J connectivity index is 1.91. The minimum absolute atomic E-state index is 0.133. The third kappa shape index (κ3) is 4.10. The highest BCUT2D eigenvalue weighted by molar-refractivity contribution is 6.29. The van der Waals surface area contributed by atoms with Crippen LogP contribution in [0.15, 0.2) is 54.6 Å². The van der Waals surface area contributed by atoms with E-state index in [-0.39, 0.29) is 11.0 Å². The van der Waals surface area contributed by atoms with Crippen LogP contribution in [0.3, 0.4) is 0 Å². The first kappa shape index (κ1) is 17.7. The van der Waals surface area contributed by atoms with E-state index in [2.05, 4.69) is 15.3 Å². The smallest absolute Gasteiger partial charge is 0.340 e. The summed E-state index contributed by atoms with van der Waals surface area (Å²) in [6, 6.07) is 14.7. The zero-order valence-corrected chi connectivity index (χ0v) is 13.8. The number of benzene rings is 2. The maximum Gasteiger partial charge on any atom is 0.416 e. The Morgan fingerprint density at radius 3 is 2.38 bits per heavy atom. The van der Waals surface area contributed by atoms with Gasteiger partial charge in [0.05, 0.1) is 17.2 Å². The third-order valence-corrected chi connectivity index (χ3v) is 3.62. The Morgan fingerprint density at radius 1 is 1.00 bits per heavy atom. The zero-order valence-electron chi connectivity index (χ0n) is 13.0. The lowest BCUT2D eigenvalue weighted by Crippen LogP contribution is -2.04. The summed E-state index contributed by atoms with van der Waals surface area (Å²) in [6.07, 6.45) is -4.41. The van der Waals surface area contributed by atoms with Crippen molar-refractivity contribution in [3.05, 3.63) is 70.9 Å². The summed E-state index contributed by atoms with van der Waals surface area (Å²) in [7, 11) is 0. The topological polar surface area (TPSA) is 61.6 Å². The highest BCUT2D eigenvalue weighted by Gasteiger charge is 2.30. The number of nitriles is 1. The Bertz CT molecular complexity index is 979. The lowest BCUT2D eigenvalue weighted by atomic mass is 10.1. The van der Waals surface area contributed by atoms with Crippen LogP contribution < -0.4 is 5.32 Å². The van der Waals surface area contributed by atoms with Crippen molar-refractivity contribution in [2.75, 3.05) is 5.32 Å². The maximum absolute atomic E-state index is 12.7. The van der Waals surface area contributed by atoms with E-state index in [1.807, 2.05) is 6.07 Å². The van der Waals surface area contributed by atoms with Gasteiger partial charge in [-0.15, -0.1) is 0 Å². The molecule has 0 fully saturated rings. The zero-order chi connectivity index (χ0) is 18.7. The normalized spacial score (nSPS) is 11.0. The number of hydrogen-bond donors (Lipinski definition) is 1. The number of rotatable bonds is 3. The Kier molecular flexibility index (Phi) is 4.78. The quantitative estimate of drug-likeness (QED) is 0.621. The van der Waals surface area contributed by atoms with Crippen molar-refractivity contribution in [2.24, 2.45) is 0 Å². The fraction of sp³-hybridized carbons (Fsp3) is 0.0556. The van der Waals surface area contributed by atoms with Gasteiger partial charge in [-0.05, 0) is 30.3 Å². The number of alkyl halides is 3. The summed E-state index contributed by atoms with van der Waals surface area (Å²) < 4.78 is 38.0. The van der Waals surface area contributed by atoms with Crippen LogP contribution >= 0.6 is 11.6 Å². The van der Waals surface area contributed by atoms with Crippen LogP contribution in [0.4, 0.5) is 24.7 Å². The second kappa shape index (κ2) is 7.02. The molecular formula is C18H10ClF3N4. The van der Waals surface area contributed by atoms with Crippen LogP contribution in [0.1, 0.15) is 11.1 Å². The second-order valence-electron chi connectivity index (χ2n) is 5.29. The lowest BCUT2D eigenvalue weighted by molar-refractivity contribution is -0.137. The fourth-order valence-corrected chi connectivity index (χ4v) is 2.42. The molecule has 4 nitrogen and oxygen atoms in total. The van der Waals surface area contributed by atoms with E-state index >= 15 is 0 Å². The summed E-state index contributed by atoms with van der Waals surface area (Å²) in [5.74, 6) is 0.542. The third-order valence-electron chi connectivity index (χ3n) is 3.43. The van der Waals surface area contributed by atoms with Gasteiger partial charge >= 0.3 is 6.18 Å². The van der Waals surface area contributed by atoms with Gasteiger partial charge < -0.3 is 5.32 Å². The molecular weight excluding hydrogens is 365 g/mol. The molecule has 0 aliphatic carbocycles. The molecule has 0 aliphatic heterocycles. The number of aromatic nitrogens is 2. The van der Waals surface area contributed by atoms with Crippen molar-refractivity contribution in [2.45, 2.75) is 6.18 Å². The molecule has 0 unspecified atom stereocenters. The second-order valence-corrected chi connectivity index (χ2v) is 5.68. The molecule has 8 heteroatoms.